The number of urea groups is 1. The van der Waals surface area contributed by atoms with Gasteiger partial charge in [-0.3, -0.25) is 14.9 Å². The second-order valence-corrected chi connectivity index (χ2v) is 8.38. The Morgan fingerprint density at radius 2 is 1.78 bits per heavy atom. The smallest absolute Gasteiger partial charge is 0.273 e. The van der Waals surface area contributed by atoms with Crippen LogP contribution < -0.4 is 10.2 Å². The minimum absolute atomic E-state index is 0.171. The molecule has 5 nitrogen and oxygen atoms in total. The van der Waals surface area contributed by atoms with E-state index in [0.717, 1.165) is 20.5 Å². The number of carbonyl (C=O) groups excluding carboxylic acids is 3. The Bertz CT molecular complexity index is 1290. The van der Waals surface area contributed by atoms with Crippen LogP contribution in [0.5, 0.6) is 0 Å². The Balaban J connectivity index is 1.76. The van der Waals surface area contributed by atoms with Crippen LogP contribution in [0.1, 0.15) is 16.7 Å². The van der Waals surface area contributed by atoms with E-state index in [0.29, 0.717) is 12.0 Å². The Labute approximate surface area is 196 Å². The summed E-state index contributed by atoms with van der Waals surface area (Å²) in [6, 6.07) is 17.1. The third-order valence-corrected chi connectivity index (χ3v) is 5.70. The standard InChI is InChI=1S/C24H15BrClFN2O3/c25-17-9-8-15(10-14-4-3-5-18(27)11-14)16(12-17)13-19-22(30)28-24(32)29(23(19)31)21-7-2-1-6-20(21)26/h1-9,11-13H,10H2,(H,28,30,32)/b19-13+. The maximum Gasteiger partial charge on any atom is 0.335 e. The molecular formula is C24H15BrClFN2O3. The van der Waals surface area contributed by atoms with Crippen LogP contribution in [0.25, 0.3) is 6.08 Å². The zero-order valence-electron chi connectivity index (χ0n) is 16.4. The number of imide groups is 2. The first-order valence-electron chi connectivity index (χ1n) is 9.52. The van der Waals surface area contributed by atoms with E-state index in [-0.39, 0.29) is 22.1 Å². The Morgan fingerprint density at radius 3 is 2.53 bits per heavy atom. The van der Waals surface area contributed by atoms with Crippen LogP contribution in [0.3, 0.4) is 0 Å². The van der Waals surface area contributed by atoms with Gasteiger partial charge in [0.05, 0.1) is 10.7 Å². The van der Waals surface area contributed by atoms with Gasteiger partial charge in [0.2, 0.25) is 0 Å². The van der Waals surface area contributed by atoms with E-state index in [1.807, 2.05) is 12.1 Å². The average molecular weight is 514 g/mol. The first-order valence-corrected chi connectivity index (χ1v) is 10.7. The number of rotatable bonds is 4. The number of anilines is 1. The van der Waals surface area contributed by atoms with Crippen molar-refractivity contribution in [1.82, 2.24) is 5.32 Å². The molecule has 0 bridgehead atoms. The van der Waals surface area contributed by atoms with Crippen LogP contribution >= 0.6 is 27.5 Å². The van der Waals surface area contributed by atoms with Gasteiger partial charge in [-0.05, 0) is 65.6 Å². The quantitative estimate of drug-likeness (QED) is 0.370. The van der Waals surface area contributed by atoms with Gasteiger partial charge in [-0.1, -0.05) is 57.9 Å². The molecule has 0 aliphatic carbocycles. The Morgan fingerprint density at radius 1 is 1.00 bits per heavy atom. The molecule has 1 heterocycles. The van der Waals surface area contributed by atoms with Gasteiger partial charge >= 0.3 is 6.03 Å². The van der Waals surface area contributed by atoms with Crippen molar-refractivity contribution in [2.45, 2.75) is 6.42 Å². The van der Waals surface area contributed by atoms with Gasteiger partial charge in [-0.25, -0.2) is 14.1 Å². The molecule has 3 aromatic rings. The van der Waals surface area contributed by atoms with Crippen molar-refractivity contribution in [3.8, 4) is 0 Å². The molecule has 1 N–H and O–H groups in total. The summed E-state index contributed by atoms with van der Waals surface area (Å²) in [5, 5.41) is 2.38. The fourth-order valence-corrected chi connectivity index (χ4v) is 3.99. The van der Waals surface area contributed by atoms with E-state index in [1.165, 1.54) is 24.3 Å². The van der Waals surface area contributed by atoms with Crippen LogP contribution in [-0.2, 0) is 16.0 Å². The number of hydrogen-bond acceptors (Lipinski definition) is 3. The molecule has 4 amide bonds. The number of nitrogens with one attached hydrogen (secondary N) is 1. The van der Waals surface area contributed by atoms with Crippen LogP contribution in [0.2, 0.25) is 5.02 Å². The number of halogens is 3. The van der Waals surface area contributed by atoms with Gasteiger partial charge < -0.3 is 0 Å². The molecule has 3 aromatic carbocycles. The summed E-state index contributed by atoms with van der Waals surface area (Å²) >= 11 is 9.57. The van der Waals surface area contributed by atoms with Gasteiger partial charge in [-0.15, -0.1) is 0 Å². The first-order chi connectivity index (χ1) is 15.3. The van der Waals surface area contributed by atoms with Crippen molar-refractivity contribution in [3.63, 3.8) is 0 Å². The largest absolute Gasteiger partial charge is 0.335 e. The van der Waals surface area contributed by atoms with Crippen LogP contribution in [-0.4, -0.2) is 17.8 Å². The molecule has 0 saturated carbocycles. The minimum atomic E-state index is -0.875. The molecule has 0 unspecified atom stereocenters. The number of carbonyl (C=O) groups is 3. The fraction of sp³-hybridized carbons (Fsp3) is 0.0417. The number of hydrogen-bond donors (Lipinski definition) is 1. The van der Waals surface area contributed by atoms with Crippen molar-refractivity contribution in [3.05, 3.63) is 104 Å². The highest BCUT2D eigenvalue weighted by molar-refractivity contribution is 9.10. The Hall–Kier alpha value is -3.29. The number of para-hydroxylation sites is 1. The van der Waals surface area contributed by atoms with E-state index in [2.05, 4.69) is 21.2 Å². The molecule has 32 heavy (non-hydrogen) atoms. The van der Waals surface area contributed by atoms with Gasteiger partial charge in [0, 0.05) is 4.47 Å². The zero-order valence-corrected chi connectivity index (χ0v) is 18.8. The maximum atomic E-state index is 13.6. The lowest BCUT2D eigenvalue weighted by Gasteiger charge is -2.27. The molecule has 0 aromatic heterocycles. The van der Waals surface area contributed by atoms with E-state index in [9.17, 15) is 18.8 Å². The lowest BCUT2D eigenvalue weighted by atomic mass is 9.97. The predicted molar refractivity (Wildman–Crippen MR) is 124 cm³/mol. The highest BCUT2D eigenvalue weighted by atomic mass is 79.9. The summed E-state index contributed by atoms with van der Waals surface area (Å²) in [7, 11) is 0. The summed E-state index contributed by atoms with van der Waals surface area (Å²) in [5.41, 5.74) is 2.04. The lowest BCUT2D eigenvalue weighted by Crippen LogP contribution is -2.54. The average Bonchev–Trinajstić information content (AvgIpc) is 2.74. The third kappa shape index (κ3) is 4.49. The monoisotopic (exact) mass is 512 g/mol. The highest BCUT2D eigenvalue weighted by Gasteiger charge is 2.37. The summed E-state index contributed by atoms with van der Waals surface area (Å²) < 4.78 is 14.3. The van der Waals surface area contributed by atoms with E-state index in [1.54, 1.807) is 36.4 Å². The van der Waals surface area contributed by atoms with Crippen LogP contribution in [0.15, 0.2) is 76.8 Å². The van der Waals surface area contributed by atoms with Crippen LogP contribution in [0, 0.1) is 5.82 Å². The Kier molecular flexibility index (Phi) is 6.21. The first kappa shape index (κ1) is 21.9. The highest BCUT2D eigenvalue weighted by Crippen LogP contribution is 2.30. The molecule has 1 fully saturated rings. The molecule has 0 spiro atoms. The van der Waals surface area contributed by atoms with E-state index < -0.39 is 17.8 Å². The second-order valence-electron chi connectivity index (χ2n) is 7.06. The predicted octanol–water partition coefficient (Wildman–Crippen LogP) is 5.50. The van der Waals surface area contributed by atoms with Gasteiger partial charge in [0.15, 0.2) is 0 Å². The van der Waals surface area contributed by atoms with E-state index in [4.69, 9.17) is 11.6 Å². The third-order valence-electron chi connectivity index (χ3n) is 4.89. The summed E-state index contributed by atoms with van der Waals surface area (Å²) in [4.78, 5) is 38.9. The molecule has 8 heteroatoms. The summed E-state index contributed by atoms with van der Waals surface area (Å²) in [6.45, 7) is 0. The van der Waals surface area contributed by atoms with Crippen molar-refractivity contribution >= 4 is 57.1 Å². The van der Waals surface area contributed by atoms with Gasteiger partial charge in [0.1, 0.15) is 11.4 Å². The van der Waals surface area contributed by atoms with Gasteiger partial charge in [0.25, 0.3) is 11.8 Å². The normalized spacial score (nSPS) is 15.3. The second kappa shape index (κ2) is 9.06. The fourth-order valence-electron chi connectivity index (χ4n) is 3.39. The molecule has 0 radical (unpaired) electrons. The number of barbiturate groups is 1. The lowest BCUT2D eigenvalue weighted by molar-refractivity contribution is -0.122. The molecule has 1 aliphatic rings. The van der Waals surface area contributed by atoms with Gasteiger partial charge in [-0.2, -0.15) is 0 Å². The summed E-state index contributed by atoms with van der Waals surface area (Å²) in [6.07, 6.45) is 1.81. The minimum Gasteiger partial charge on any atom is -0.273 e. The molecule has 0 atom stereocenters. The van der Waals surface area contributed by atoms with Crippen molar-refractivity contribution in [2.75, 3.05) is 4.90 Å². The zero-order chi connectivity index (χ0) is 22.8. The van der Waals surface area contributed by atoms with Crippen LogP contribution in [0.4, 0.5) is 14.9 Å². The SMILES string of the molecule is O=C1NC(=O)N(c2ccccc2Cl)C(=O)/C1=C/c1cc(Br)ccc1Cc1cccc(F)c1. The summed E-state index contributed by atoms with van der Waals surface area (Å²) in [5.74, 6) is -1.95. The molecule has 4 rings (SSSR count). The molecular weight excluding hydrogens is 499 g/mol. The number of nitrogens with zero attached hydrogens (tertiary/aromatic N) is 1. The molecule has 1 aliphatic heterocycles. The topological polar surface area (TPSA) is 66.5 Å². The van der Waals surface area contributed by atoms with E-state index >= 15 is 0 Å². The molecule has 160 valence electrons. The number of benzene rings is 3. The van der Waals surface area contributed by atoms with Crippen molar-refractivity contribution in [1.29, 1.82) is 0 Å². The maximum absolute atomic E-state index is 13.6. The van der Waals surface area contributed by atoms with Crippen molar-refractivity contribution < 1.29 is 18.8 Å². The number of amides is 4. The molecule has 1 saturated heterocycles. The van der Waals surface area contributed by atoms with Crippen molar-refractivity contribution in [2.24, 2.45) is 0 Å².